The Balaban J connectivity index is 1.69. The van der Waals surface area contributed by atoms with E-state index in [-0.39, 0.29) is 0 Å². The Morgan fingerprint density at radius 1 is 0.968 bits per heavy atom. The lowest BCUT2D eigenvalue weighted by Crippen LogP contribution is -2.26. The molecule has 1 atom stereocenters. The average molecular weight is 481 g/mol. The molecule has 0 spiro atoms. The fourth-order valence-corrected chi connectivity index (χ4v) is 3.49. The summed E-state index contributed by atoms with van der Waals surface area (Å²) in [5.74, 6) is -0.222. The second-order valence-corrected chi connectivity index (χ2v) is 7.85. The molecule has 4 nitrogen and oxygen atoms in total. The van der Waals surface area contributed by atoms with Crippen molar-refractivity contribution in [1.82, 2.24) is 0 Å². The quantitative estimate of drug-likeness (QED) is 0.387. The molecule has 1 N–H and O–H groups in total. The van der Waals surface area contributed by atoms with Crippen molar-refractivity contribution in [2.24, 2.45) is 0 Å². The van der Waals surface area contributed by atoms with Crippen LogP contribution in [0.2, 0.25) is 0 Å². The summed E-state index contributed by atoms with van der Waals surface area (Å²) in [5.41, 5.74) is 4.23. The number of carboxylic acids is 1. The van der Waals surface area contributed by atoms with Gasteiger partial charge in [-0.2, -0.15) is 0 Å². The van der Waals surface area contributed by atoms with E-state index in [0.29, 0.717) is 19.6 Å². The summed E-state index contributed by atoms with van der Waals surface area (Å²) < 4.78 is 12.2. The average Bonchev–Trinajstić information content (AvgIpc) is 2.79. The lowest BCUT2D eigenvalue weighted by molar-refractivity contribution is -0.149. The number of halogens is 1. The van der Waals surface area contributed by atoms with Gasteiger partial charge in [-0.15, -0.1) is 0 Å². The van der Waals surface area contributed by atoms with Crippen molar-refractivity contribution in [3.8, 4) is 5.75 Å². The molecule has 5 heteroatoms. The minimum Gasteiger partial charge on any atom is -0.490 e. The second kappa shape index (κ2) is 11.5. The number of carbonyl (C=O) groups is 1. The number of ether oxygens (including phenoxy) is 2. The number of carboxylic acid groups (broad SMARTS) is 1. The largest absolute Gasteiger partial charge is 0.490 e. The van der Waals surface area contributed by atoms with E-state index in [2.05, 4.69) is 46.3 Å². The second-order valence-electron chi connectivity index (χ2n) is 6.93. The van der Waals surface area contributed by atoms with Gasteiger partial charge in [0.25, 0.3) is 0 Å². The summed E-state index contributed by atoms with van der Waals surface area (Å²) >= 11 is 3.49. The van der Waals surface area contributed by atoms with Gasteiger partial charge in [0.15, 0.2) is 6.10 Å². The molecule has 0 saturated carbocycles. The number of aliphatic carboxylic acids is 1. The highest BCUT2D eigenvalue weighted by molar-refractivity contribution is 9.10. The molecule has 3 aromatic rings. The molecule has 0 radical (unpaired) electrons. The van der Waals surface area contributed by atoms with Crippen LogP contribution in [0.25, 0.3) is 5.57 Å². The van der Waals surface area contributed by atoms with Gasteiger partial charge in [0, 0.05) is 17.5 Å². The number of hydrogen-bond acceptors (Lipinski definition) is 3. The van der Waals surface area contributed by atoms with Crippen LogP contribution in [0, 0.1) is 0 Å². The van der Waals surface area contributed by atoms with Crippen LogP contribution >= 0.6 is 15.9 Å². The zero-order chi connectivity index (χ0) is 22.1. The van der Waals surface area contributed by atoms with Gasteiger partial charge in [-0.3, -0.25) is 0 Å². The molecule has 0 heterocycles. The summed E-state index contributed by atoms with van der Waals surface area (Å²) in [7, 11) is 0. The molecule has 3 rings (SSSR count). The Hall–Kier alpha value is -2.89. The van der Waals surface area contributed by atoms with E-state index in [1.165, 1.54) is 0 Å². The predicted octanol–water partition coefficient (Wildman–Crippen LogP) is 5.99. The van der Waals surface area contributed by atoms with Crippen molar-refractivity contribution in [1.29, 1.82) is 0 Å². The zero-order valence-electron chi connectivity index (χ0n) is 17.3. The highest BCUT2D eigenvalue weighted by atomic mass is 79.9. The third-order valence-electron chi connectivity index (χ3n) is 4.77. The van der Waals surface area contributed by atoms with Gasteiger partial charge < -0.3 is 14.6 Å². The van der Waals surface area contributed by atoms with Crippen LogP contribution in [-0.2, 0) is 16.0 Å². The number of hydrogen-bond donors (Lipinski definition) is 1. The van der Waals surface area contributed by atoms with Gasteiger partial charge in [-0.05, 0) is 59.5 Å². The van der Waals surface area contributed by atoms with E-state index in [0.717, 1.165) is 32.5 Å². The van der Waals surface area contributed by atoms with Crippen molar-refractivity contribution >= 4 is 27.5 Å². The molecule has 0 aliphatic heterocycles. The predicted molar refractivity (Wildman–Crippen MR) is 126 cm³/mol. The molecule has 0 unspecified atom stereocenters. The molecule has 0 bridgehead atoms. The van der Waals surface area contributed by atoms with E-state index < -0.39 is 12.1 Å². The van der Waals surface area contributed by atoms with Gasteiger partial charge in [-0.25, -0.2) is 4.79 Å². The summed E-state index contributed by atoms with van der Waals surface area (Å²) in [6, 6.07) is 25.9. The van der Waals surface area contributed by atoms with Crippen LogP contribution in [0.15, 0.2) is 89.4 Å². The first-order valence-corrected chi connectivity index (χ1v) is 10.9. The molecule has 0 aliphatic carbocycles. The Bertz CT molecular complexity index is 996. The molecular weight excluding hydrogens is 456 g/mol. The standard InChI is InChI=1S/C26H25BrO4/c1-2-30-25(26(28)29)18-19-8-14-23(15-9-19)31-17-16-24(20-6-4-3-5-7-20)21-10-12-22(27)13-11-21/h3-16,25H,2,17-18H2,1H3,(H,28,29)/b24-16+/t25-/m0/s1. The zero-order valence-corrected chi connectivity index (χ0v) is 18.9. The van der Waals surface area contributed by atoms with E-state index in [4.69, 9.17) is 9.47 Å². The van der Waals surface area contributed by atoms with Crippen LogP contribution in [0.3, 0.4) is 0 Å². The fraction of sp³-hybridized carbons (Fsp3) is 0.192. The smallest absolute Gasteiger partial charge is 0.333 e. The van der Waals surface area contributed by atoms with Crippen molar-refractivity contribution in [3.05, 3.63) is 106 Å². The Morgan fingerprint density at radius 3 is 2.23 bits per heavy atom. The van der Waals surface area contributed by atoms with E-state index in [1.807, 2.05) is 54.6 Å². The number of rotatable bonds is 10. The van der Waals surface area contributed by atoms with Crippen molar-refractivity contribution < 1.29 is 19.4 Å². The first-order valence-electron chi connectivity index (χ1n) is 10.1. The maximum atomic E-state index is 11.3. The van der Waals surface area contributed by atoms with Crippen molar-refractivity contribution in [3.63, 3.8) is 0 Å². The molecule has 0 saturated heterocycles. The number of benzene rings is 3. The minimum atomic E-state index is -0.950. The third kappa shape index (κ3) is 6.81. The van der Waals surface area contributed by atoms with Gasteiger partial charge in [0.05, 0.1) is 0 Å². The summed E-state index contributed by atoms with van der Waals surface area (Å²) in [6.07, 6.45) is 1.56. The SMILES string of the molecule is CCO[C@@H](Cc1ccc(OC/C=C(\c2ccccc2)c2ccc(Br)cc2)cc1)C(=O)O. The highest BCUT2D eigenvalue weighted by Gasteiger charge is 2.17. The van der Waals surface area contributed by atoms with Crippen molar-refractivity contribution in [2.45, 2.75) is 19.4 Å². The van der Waals surface area contributed by atoms with Gasteiger partial charge >= 0.3 is 5.97 Å². The van der Waals surface area contributed by atoms with Crippen molar-refractivity contribution in [2.75, 3.05) is 13.2 Å². The topological polar surface area (TPSA) is 55.8 Å². The van der Waals surface area contributed by atoms with Gasteiger partial charge in [0.1, 0.15) is 12.4 Å². The van der Waals surface area contributed by atoms with Crippen LogP contribution in [0.5, 0.6) is 5.75 Å². The molecule has 0 fully saturated rings. The first-order chi connectivity index (χ1) is 15.1. The molecule has 0 aliphatic rings. The monoisotopic (exact) mass is 480 g/mol. The molecule has 160 valence electrons. The van der Waals surface area contributed by atoms with Crippen LogP contribution in [0.1, 0.15) is 23.6 Å². The Kier molecular flexibility index (Phi) is 8.44. The Labute approximate surface area is 191 Å². The molecule has 3 aromatic carbocycles. The van der Waals surface area contributed by atoms with Crippen LogP contribution in [-0.4, -0.2) is 30.4 Å². The Morgan fingerprint density at radius 2 is 1.61 bits per heavy atom. The fourth-order valence-electron chi connectivity index (χ4n) is 3.23. The molecule has 31 heavy (non-hydrogen) atoms. The van der Waals surface area contributed by atoms with E-state index >= 15 is 0 Å². The third-order valence-corrected chi connectivity index (χ3v) is 5.29. The summed E-state index contributed by atoms with van der Waals surface area (Å²) in [6.45, 7) is 2.57. The maximum Gasteiger partial charge on any atom is 0.333 e. The normalized spacial score (nSPS) is 12.4. The molecular formula is C26H25BrO4. The summed E-state index contributed by atoms with van der Waals surface area (Å²) in [5, 5.41) is 9.23. The van der Waals surface area contributed by atoms with Gasteiger partial charge in [0.2, 0.25) is 0 Å². The first kappa shape index (κ1) is 22.8. The molecule has 0 amide bonds. The highest BCUT2D eigenvalue weighted by Crippen LogP contribution is 2.25. The maximum absolute atomic E-state index is 11.3. The van der Waals surface area contributed by atoms with Crippen LogP contribution < -0.4 is 4.74 Å². The molecule has 0 aromatic heterocycles. The minimum absolute atomic E-state index is 0.324. The van der Waals surface area contributed by atoms with E-state index in [1.54, 1.807) is 6.92 Å². The van der Waals surface area contributed by atoms with E-state index in [9.17, 15) is 9.90 Å². The lowest BCUT2D eigenvalue weighted by atomic mass is 9.98. The summed E-state index contributed by atoms with van der Waals surface area (Å²) in [4.78, 5) is 11.3. The lowest BCUT2D eigenvalue weighted by Gasteiger charge is -2.13. The van der Waals surface area contributed by atoms with Crippen LogP contribution in [0.4, 0.5) is 0 Å². The van der Waals surface area contributed by atoms with Gasteiger partial charge in [-0.1, -0.05) is 70.5 Å².